The minimum atomic E-state index is -2.08. The zero-order valence-corrected chi connectivity index (χ0v) is 6.83. The third-order valence-electron chi connectivity index (χ3n) is 2.13. The predicted molar refractivity (Wildman–Crippen MR) is 39.9 cm³/mol. The van der Waals surface area contributed by atoms with Crippen molar-refractivity contribution < 1.29 is 30.0 Å². The van der Waals surface area contributed by atoms with Gasteiger partial charge in [0.1, 0.15) is 18.3 Å². The molecule has 1 saturated heterocycles. The molecule has 0 radical (unpaired) electrons. The van der Waals surface area contributed by atoms with E-state index in [4.69, 9.17) is 9.84 Å². The summed E-state index contributed by atoms with van der Waals surface area (Å²) in [5.41, 5.74) is -2.08. The van der Waals surface area contributed by atoms with E-state index >= 15 is 0 Å². The van der Waals surface area contributed by atoms with Crippen LogP contribution in [-0.4, -0.2) is 63.8 Å². The smallest absolute Gasteiger partial charge is 0.171 e. The Morgan fingerprint density at radius 3 is 2.62 bits per heavy atom. The van der Waals surface area contributed by atoms with Gasteiger partial charge in [0, 0.05) is 0 Å². The van der Waals surface area contributed by atoms with Crippen LogP contribution in [0.4, 0.5) is 0 Å². The molecule has 76 valence electrons. The van der Waals surface area contributed by atoms with Gasteiger partial charge in [-0.15, -0.1) is 0 Å². The van der Waals surface area contributed by atoms with Gasteiger partial charge in [-0.25, -0.2) is 0 Å². The molecule has 4 N–H and O–H groups in total. The predicted octanol–water partition coefficient (Wildman–Crippen LogP) is -2.97. The molecule has 1 fully saturated rings. The van der Waals surface area contributed by atoms with Crippen LogP contribution in [-0.2, 0) is 9.53 Å². The van der Waals surface area contributed by atoms with E-state index in [2.05, 4.69) is 0 Å². The summed E-state index contributed by atoms with van der Waals surface area (Å²) < 4.78 is 4.78. The van der Waals surface area contributed by atoms with Crippen LogP contribution in [0.3, 0.4) is 0 Å². The van der Waals surface area contributed by atoms with Crippen molar-refractivity contribution >= 4 is 6.29 Å². The van der Waals surface area contributed by atoms with Gasteiger partial charge in [0.15, 0.2) is 11.9 Å². The van der Waals surface area contributed by atoms with Crippen LogP contribution in [0.25, 0.3) is 0 Å². The molecule has 1 aliphatic rings. The summed E-state index contributed by atoms with van der Waals surface area (Å²) in [5.74, 6) is 0. The number of rotatable bonds is 2. The van der Waals surface area contributed by atoms with Gasteiger partial charge in [-0.05, 0) is 0 Å². The van der Waals surface area contributed by atoms with Crippen LogP contribution in [0, 0.1) is 0 Å². The molecule has 0 aromatic carbocycles. The average molecular weight is 192 g/mol. The Hall–Kier alpha value is -0.530. The summed E-state index contributed by atoms with van der Waals surface area (Å²) in [5, 5.41) is 36.5. The normalized spacial score (nSPS) is 46.0. The molecule has 1 rings (SSSR count). The molecule has 0 unspecified atom stereocenters. The highest BCUT2D eigenvalue weighted by Gasteiger charge is 2.48. The largest absolute Gasteiger partial charge is 0.394 e. The fraction of sp³-hybridized carbons (Fsp3) is 0.857. The number of hydrogen-bond acceptors (Lipinski definition) is 6. The Bertz CT molecular complexity index is 195. The Morgan fingerprint density at radius 2 is 2.15 bits per heavy atom. The topological polar surface area (TPSA) is 107 Å². The molecule has 6 nitrogen and oxygen atoms in total. The summed E-state index contributed by atoms with van der Waals surface area (Å²) in [6.07, 6.45) is -3.94. The molecule has 0 aromatic rings. The second-order valence-corrected chi connectivity index (χ2v) is 3.08. The summed E-state index contributed by atoms with van der Waals surface area (Å²) in [6.45, 7) is -0.910. The number of aliphatic hydroxyl groups is 4. The molecule has 13 heavy (non-hydrogen) atoms. The Labute approximate surface area is 74.4 Å². The third kappa shape index (κ3) is 1.72. The van der Waals surface area contributed by atoms with E-state index in [0.29, 0.717) is 0 Å². The van der Waals surface area contributed by atoms with Crippen LogP contribution in [0.2, 0.25) is 0 Å². The maximum absolute atomic E-state index is 10.4. The van der Waals surface area contributed by atoms with Crippen molar-refractivity contribution in [3.05, 3.63) is 0 Å². The lowest BCUT2D eigenvalue weighted by molar-refractivity contribution is -0.228. The van der Waals surface area contributed by atoms with E-state index in [9.17, 15) is 20.1 Å². The van der Waals surface area contributed by atoms with Crippen LogP contribution in [0.15, 0.2) is 0 Å². The maximum Gasteiger partial charge on any atom is 0.171 e. The van der Waals surface area contributed by atoms with Crippen molar-refractivity contribution in [3.8, 4) is 0 Å². The quantitative estimate of drug-likeness (QED) is 0.348. The Morgan fingerprint density at radius 1 is 1.54 bits per heavy atom. The van der Waals surface area contributed by atoms with Crippen molar-refractivity contribution in [2.75, 3.05) is 13.2 Å². The zero-order valence-electron chi connectivity index (χ0n) is 6.83. The molecule has 0 bridgehead atoms. The SMILES string of the molecule is O=C[C@]1(O)CO[C@H](CO)[C@@H](O)[C@@H]1O. The standard InChI is InChI=1S/C7H12O6/c8-1-4-5(10)6(11)7(12,2-9)3-13-4/h2,4-6,8,10-12H,1,3H2/t4-,5-,6+,7+/m1/s1. The highest BCUT2D eigenvalue weighted by molar-refractivity contribution is 5.64. The number of hydrogen-bond donors (Lipinski definition) is 4. The molecule has 1 heterocycles. The minimum absolute atomic E-state index is 0.120. The second-order valence-electron chi connectivity index (χ2n) is 3.08. The first-order chi connectivity index (χ1) is 6.05. The van der Waals surface area contributed by atoms with Crippen molar-refractivity contribution in [2.24, 2.45) is 0 Å². The van der Waals surface area contributed by atoms with Crippen LogP contribution >= 0.6 is 0 Å². The van der Waals surface area contributed by atoms with Crippen molar-refractivity contribution in [1.82, 2.24) is 0 Å². The highest BCUT2D eigenvalue weighted by Crippen LogP contribution is 2.22. The molecular weight excluding hydrogens is 180 g/mol. The fourth-order valence-corrected chi connectivity index (χ4v) is 1.19. The lowest BCUT2D eigenvalue weighted by Gasteiger charge is -2.39. The van der Waals surface area contributed by atoms with Gasteiger partial charge >= 0.3 is 0 Å². The van der Waals surface area contributed by atoms with Gasteiger partial charge in [0.25, 0.3) is 0 Å². The van der Waals surface area contributed by atoms with Crippen molar-refractivity contribution in [3.63, 3.8) is 0 Å². The number of aldehydes is 1. The molecule has 0 amide bonds. The van der Waals surface area contributed by atoms with Gasteiger partial charge in [-0.1, -0.05) is 0 Å². The first-order valence-corrected chi connectivity index (χ1v) is 3.82. The minimum Gasteiger partial charge on any atom is -0.394 e. The molecule has 0 spiro atoms. The molecule has 1 aliphatic heterocycles. The average Bonchev–Trinajstić information content (AvgIpc) is 2.15. The van der Waals surface area contributed by atoms with Crippen LogP contribution < -0.4 is 0 Å². The fourth-order valence-electron chi connectivity index (χ4n) is 1.19. The molecular formula is C7H12O6. The number of carbonyl (C=O) groups is 1. The van der Waals surface area contributed by atoms with E-state index in [1.807, 2.05) is 0 Å². The number of aliphatic hydroxyl groups excluding tert-OH is 3. The lowest BCUT2D eigenvalue weighted by atomic mass is 9.89. The summed E-state index contributed by atoms with van der Waals surface area (Å²) in [7, 11) is 0. The van der Waals surface area contributed by atoms with E-state index in [-0.39, 0.29) is 6.29 Å². The zero-order chi connectivity index (χ0) is 10.1. The molecule has 6 heteroatoms. The van der Waals surface area contributed by atoms with E-state index in [1.165, 1.54) is 0 Å². The highest BCUT2D eigenvalue weighted by atomic mass is 16.5. The van der Waals surface area contributed by atoms with Gasteiger partial charge in [-0.2, -0.15) is 0 Å². The van der Waals surface area contributed by atoms with E-state index in [1.54, 1.807) is 0 Å². The Balaban J connectivity index is 2.75. The monoisotopic (exact) mass is 192 g/mol. The van der Waals surface area contributed by atoms with Gasteiger partial charge in [0.05, 0.1) is 13.2 Å². The number of ether oxygens (including phenoxy) is 1. The van der Waals surface area contributed by atoms with Gasteiger partial charge < -0.3 is 25.2 Å². The van der Waals surface area contributed by atoms with Crippen molar-refractivity contribution in [1.29, 1.82) is 0 Å². The first kappa shape index (κ1) is 10.6. The summed E-state index contributed by atoms with van der Waals surface area (Å²) in [6, 6.07) is 0. The second kappa shape index (κ2) is 3.69. The van der Waals surface area contributed by atoms with Crippen molar-refractivity contribution in [2.45, 2.75) is 23.9 Å². The first-order valence-electron chi connectivity index (χ1n) is 3.82. The number of carbonyl (C=O) groups excluding carboxylic acids is 1. The maximum atomic E-state index is 10.4. The lowest BCUT2D eigenvalue weighted by Crippen LogP contribution is -2.62. The van der Waals surface area contributed by atoms with E-state index in [0.717, 1.165) is 0 Å². The molecule has 4 atom stereocenters. The summed E-state index contributed by atoms with van der Waals surface area (Å²) in [4.78, 5) is 10.4. The molecule has 0 saturated carbocycles. The van der Waals surface area contributed by atoms with Gasteiger partial charge in [0.2, 0.25) is 0 Å². The Kier molecular flexibility index (Phi) is 2.99. The molecule has 0 aromatic heterocycles. The van der Waals surface area contributed by atoms with Crippen LogP contribution in [0.1, 0.15) is 0 Å². The third-order valence-corrected chi connectivity index (χ3v) is 2.13. The van der Waals surface area contributed by atoms with E-state index < -0.39 is 37.1 Å². The molecule has 0 aliphatic carbocycles. The van der Waals surface area contributed by atoms with Crippen LogP contribution in [0.5, 0.6) is 0 Å². The summed E-state index contributed by atoms with van der Waals surface area (Å²) >= 11 is 0. The van der Waals surface area contributed by atoms with Gasteiger partial charge in [-0.3, -0.25) is 4.79 Å².